The highest BCUT2D eigenvalue weighted by Gasteiger charge is 2.18. The molecule has 0 amide bonds. The fraction of sp³-hybridized carbons (Fsp3) is 0.714. The van der Waals surface area contributed by atoms with Crippen LogP contribution in [0.25, 0.3) is 0 Å². The van der Waals surface area contributed by atoms with Crippen LogP contribution in [0.1, 0.15) is 76.2 Å². The van der Waals surface area contributed by atoms with Gasteiger partial charge in [-0.3, -0.25) is 0 Å². The summed E-state index contributed by atoms with van der Waals surface area (Å²) >= 11 is 0. The van der Waals surface area contributed by atoms with Crippen LogP contribution in [0.4, 0.5) is 0 Å². The Morgan fingerprint density at radius 1 is 0.867 bits per heavy atom. The van der Waals surface area contributed by atoms with Crippen molar-refractivity contribution in [1.29, 1.82) is 0 Å². The molecular weight excluding hydrogens is 182 g/mol. The average Bonchev–Trinajstić information content (AvgIpc) is 2.42. The third kappa shape index (κ3) is 2.27. The Bertz CT molecular complexity index is 329. The van der Waals surface area contributed by atoms with Gasteiger partial charge in [-0.25, -0.2) is 0 Å². The van der Waals surface area contributed by atoms with E-state index in [1.165, 1.54) is 17.0 Å². The second-order valence-corrected chi connectivity index (χ2v) is 5.43. The second kappa shape index (κ2) is 4.42. The molecule has 15 heavy (non-hydrogen) atoms. The van der Waals surface area contributed by atoms with E-state index >= 15 is 0 Å². The maximum Gasteiger partial charge on any atom is 0.0234 e. The van der Waals surface area contributed by atoms with Gasteiger partial charge in [-0.1, -0.05) is 41.5 Å². The zero-order valence-electron chi connectivity index (χ0n) is 11.3. The molecule has 0 fully saturated rings. The molecule has 1 heterocycles. The highest BCUT2D eigenvalue weighted by atomic mass is 15.0. The van der Waals surface area contributed by atoms with E-state index in [4.69, 9.17) is 0 Å². The van der Waals surface area contributed by atoms with Crippen LogP contribution in [-0.4, -0.2) is 4.57 Å². The van der Waals surface area contributed by atoms with Crippen LogP contribution in [0.3, 0.4) is 0 Å². The molecule has 0 spiro atoms. The first-order valence-corrected chi connectivity index (χ1v) is 6.05. The second-order valence-electron chi connectivity index (χ2n) is 5.43. The largest absolute Gasteiger partial charge is 0.351 e. The Kier molecular flexibility index (Phi) is 3.64. The van der Waals surface area contributed by atoms with Gasteiger partial charge >= 0.3 is 0 Å². The van der Waals surface area contributed by atoms with Crippen molar-refractivity contribution in [1.82, 2.24) is 4.57 Å². The predicted molar refractivity (Wildman–Crippen MR) is 67.7 cm³/mol. The summed E-state index contributed by atoms with van der Waals surface area (Å²) in [5, 5.41) is 0. The van der Waals surface area contributed by atoms with Gasteiger partial charge in [0.1, 0.15) is 0 Å². The first-order valence-electron chi connectivity index (χ1n) is 6.05. The van der Waals surface area contributed by atoms with Crippen LogP contribution >= 0.6 is 0 Å². The number of hydrogen-bond acceptors (Lipinski definition) is 0. The van der Waals surface area contributed by atoms with Gasteiger partial charge < -0.3 is 4.57 Å². The number of hydrogen-bond donors (Lipinski definition) is 0. The molecule has 0 saturated heterocycles. The van der Waals surface area contributed by atoms with E-state index in [-0.39, 0.29) is 0 Å². The summed E-state index contributed by atoms with van der Waals surface area (Å²) in [7, 11) is 2.20. The van der Waals surface area contributed by atoms with Crippen molar-refractivity contribution in [2.24, 2.45) is 7.05 Å². The maximum atomic E-state index is 2.39. The van der Waals surface area contributed by atoms with Gasteiger partial charge in [-0.2, -0.15) is 0 Å². The van der Waals surface area contributed by atoms with Crippen LogP contribution in [0.15, 0.2) is 6.07 Å². The topological polar surface area (TPSA) is 4.93 Å². The molecule has 0 aliphatic rings. The van der Waals surface area contributed by atoms with Gasteiger partial charge in [0.2, 0.25) is 0 Å². The van der Waals surface area contributed by atoms with Crippen molar-refractivity contribution in [2.75, 3.05) is 0 Å². The van der Waals surface area contributed by atoms with E-state index < -0.39 is 0 Å². The van der Waals surface area contributed by atoms with Crippen LogP contribution < -0.4 is 0 Å². The Hall–Kier alpha value is -0.720. The molecular formula is C14H25N. The quantitative estimate of drug-likeness (QED) is 0.692. The fourth-order valence-electron chi connectivity index (χ4n) is 2.40. The molecule has 0 N–H and O–H groups in total. The molecule has 0 aliphatic heterocycles. The molecule has 1 aromatic heterocycles. The minimum atomic E-state index is 0.611. The van der Waals surface area contributed by atoms with Crippen LogP contribution in [0.2, 0.25) is 0 Å². The zero-order chi connectivity index (χ0) is 11.7. The predicted octanol–water partition coefficient (Wildman–Crippen LogP) is 4.40. The van der Waals surface area contributed by atoms with Crippen molar-refractivity contribution in [3.63, 3.8) is 0 Å². The Morgan fingerprint density at radius 2 is 1.40 bits per heavy atom. The molecule has 0 bridgehead atoms. The van der Waals surface area contributed by atoms with E-state index in [2.05, 4.69) is 59.2 Å². The molecule has 1 heteroatoms. The normalized spacial score (nSPS) is 12.1. The Labute approximate surface area is 94.5 Å². The summed E-state index contributed by atoms with van der Waals surface area (Å²) in [6.07, 6.45) is 0. The van der Waals surface area contributed by atoms with Crippen molar-refractivity contribution in [3.8, 4) is 0 Å². The smallest absolute Gasteiger partial charge is 0.0234 e. The molecule has 0 saturated carbocycles. The average molecular weight is 207 g/mol. The van der Waals surface area contributed by atoms with Gasteiger partial charge in [0.25, 0.3) is 0 Å². The summed E-state index contributed by atoms with van der Waals surface area (Å²) in [4.78, 5) is 0. The summed E-state index contributed by atoms with van der Waals surface area (Å²) < 4.78 is 2.39. The van der Waals surface area contributed by atoms with Crippen molar-refractivity contribution in [3.05, 3.63) is 23.0 Å². The van der Waals surface area contributed by atoms with Gasteiger partial charge in [-0.05, 0) is 29.4 Å². The summed E-state index contributed by atoms with van der Waals surface area (Å²) in [6, 6.07) is 2.39. The fourth-order valence-corrected chi connectivity index (χ4v) is 2.40. The van der Waals surface area contributed by atoms with Crippen molar-refractivity contribution in [2.45, 2.75) is 59.3 Å². The van der Waals surface area contributed by atoms with Crippen molar-refractivity contribution >= 4 is 0 Å². The maximum absolute atomic E-state index is 2.39. The van der Waals surface area contributed by atoms with E-state index in [1.807, 2.05) is 0 Å². The highest BCUT2D eigenvalue weighted by molar-refractivity contribution is 5.34. The minimum absolute atomic E-state index is 0.611. The van der Waals surface area contributed by atoms with Crippen molar-refractivity contribution < 1.29 is 0 Å². The lowest BCUT2D eigenvalue weighted by Crippen LogP contribution is -2.05. The van der Waals surface area contributed by atoms with Gasteiger partial charge in [0.15, 0.2) is 0 Å². The van der Waals surface area contributed by atoms with Crippen LogP contribution in [0.5, 0.6) is 0 Å². The third-order valence-electron chi connectivity index (χ3n) is 3.11. The summed E-state index contributed by atoms with van der Waals surface area (Å²) in [6.45, 7) is 13.7. The lowest BCUT2D eigenvalue weighted by atomic mass is 9.97. The monoisotopic (exact) mass is 207 g/mol. The molecule has 0 aliphatic carbocycles. The third-order valence-corrected chi connectivity index (χ3v) is 3.11. The molecule has 0 radical (unpaired) electrons. The molecule has 1 aromatic rings. The first-order chi connectivity index (χ1) is 6.86. The van der Waals surface area contributed by atoms with E-state index in [1.54, 1.807) is 0 Å². The number of nitrogens with zero attached hydrogens (tertiary/aromatic N) is 1. The zero-order valence-corrected chi connectivity index (χ0v) is 11.3. The van der Waals surface area contributed by atoms with Crippen LogP contribution in [-0.2, 0) is 7.05 Å². The van der Waals surface area contributed by atoms with E-state index in [9.17, 15) is 0 Å². The molecule has 0 atom stereocenters. The molecule has 1 nitrogen and oxygen atoms in total. The number of aromatic nitrogens is 1. The first kappa shape index (κ1) is 12.4. The molecule has 0 unspecified atom stereocenters. The lowest BCUT2D eigenvalue weighted by molar-refractivity contribution is 0.667. The summed E-state index contributed by atoms with van der Waals surface area (Å²) in [5.74, 6) is 1.85. The highest BCUT2D eigenvalue weighted by Crippen LogP contribution is 2.31. The number of rotatable bonds is 3. The summed E-state index contributed by atoms with van der Waals surface area (Å²) in [5.41, 5.74) is 4.49. The lowest BCUT2D eigenvalue weighted by Gasteiger charge is -2.15. The SMILES string of the molecule is CC(C)c1cc(C(C)C)n(C)c1C(C)C. The van der Waals surface area contributed by atoms with Gasteiger partial charge in [0.05, 0.1) is 0 Å². The van der Waals surface area contributed by atoms with Gasteiger partial charge in [-0.15, -0.1) is 0 Å². The minimum Gasteiger partial charge on any atom is -0.351 e. The van der Waals surface area contributed by atoms with E-state index in [0.717, 1.165) is 0 Å². The molecule has 1 rings (SSSR count). The van der Waals surface area contributed by atoms with Crippen LogP contribution in [0, 0.1) is 0 Å². The molecule has 0 aromatic carbocycles. The standard InChI is InChI=1S/C14H25N/c1-9(2)12-8-13(10(3)4)15(7)14(12)11(5)6/h8-11H,1-7H3. The van der Waals surface area contributed by atoms with Gasteiger partial charge in [0, 0.05) is 18.4 Å². The Balaban J connectivity index is 3.33. The van der Waals surface area contributed by atoms with E-state index in [0.29, 0.717) is 17.8 Å². The Morgan fingerprint density at radius 3 is 1.67 bits per heavy atom. The molecule has 86 valence electrons.